The van der Waals surface area contributed by atoms with E-state index in [9.17, 15) is 78.9 Å². The van der Waals surface area contributed by atoms with Gasteiger partial charge in [-0.2, -0.15) is 0 Å². The quantitative estimate of drug-likeness (QED) is 0.0138. The third-order valence-electron chi connectivity index (χ3n) is 23.1. The number of nitrogens with two attached hydrogens (primary N) is 3. The van der Waals surface area contributed by atoms with E-state index in [1.807, 2.05) is 85.9 Å². The lowest BCUT2D eigenvalue weighted by molar-refractivity contribution is -0.138. The number of nitrogens with zero attached hydrogens (tertiary/aromatic N) is 5. The van der Waals surface area contributed by atoms with Crippen molar-refractivity contribution in [2.75, 3.05) is 19.8 Å². The van der Waals surface area contributed by atoms with Crippen LogP contribution in [0.25, 0.3) is 10.9 Å². The molecule has 0 spiro atoms. The number of amides is 8. The first-order valence-electron chi connectivity index (χ1n) is 43.9. The fourth-order valence-electron chi connectivity index (χ4n) is 14.5. The number of para-hydroxylation sites is 1. The molecule has 17 atom stereocenters. The number of fused-ring (bicyclic) bond motifs is 1. The summed E-state index contributed by atoms with van der Waals surface area (Å²) in [5, 5.41) is 102. The second kappa shape index (κ2) is 55.6. The van der Waals surface area contributed by atoms with Gasteiger partial charge >= 0.3 is 5.97 Å². The number of guanidine groups is 1. The molecule has 3 heterocycles. The van der Waals surface area contributed by atoms with Crippen molar-refractivity contribution in [3.05, 3.63) is 102 Å². The Balaban J connectivity index is 1.16. The number of aliphatic carboxylic acids is 1. The molecular formula is C88H143N17O17. The van der Waals surface area contributed by atoms with Gasteiger partial charge in [-0.05, 0) is 175 Å². The van der Waals surface area contributed by atoms with E-state index >= 15 is 0 Å². The summed E-state index contributed by atoms with van der Waals surface area (Å²) >= 11 is 0. The maximum Gasteiger partial charge on any atom is 0.303 e. The Kier molecular flexibility index (Phi) is 47.0. The second-order valence-electron chi connectivity index (χ2n) is 33.9. The van der Waals surface area contributed by atoms with Crippen LogP contribution in [0.5, 0.6) is 0 Å². The first kappa shape index (κ1) is 103. The number of hydrogen-bond acceptors (Lipinski definition) is 20. The number of aromatic nitrogens is 6. The van der Waals surface area contributed by atoms with Crippen molar-refractivity contribution in [2.24, 2.45) is 57.7 Å². The fraction of sp³-hybridized carbons (Fsp3) is 0.670. The number of carboxylic acids is 1. The summed E-state index contributed by atoms with van der Waals surface area (Å²) in [6.45, 7) is 18.2. The highest BCUT2D eigenvalue weighted by Gasteiger charge is 2.36. The van der Waals surface area contributed by atoms with Crippen LogP contribution < -0.4 is 54.4 Å². The lowest BCUT2D eigenvalue weighted by atomic mass is 9.86. The average molecular weight is 1710 g/mol. The molecule has 3 aromatic heterocycles. The molecule has 0 aliphatic rings. The van der Waals surface area contributed by atoms with Crippen LogP contribution in [0.1, 0.15) is 233 Å². The number of benzene rings is 2. The zero-order chi connectivity index (χ0) is 89.8. The predicted octanol–water partition coefficient (Wildman–Crippen LogP) is 5.02. The van der Waals surface area contributed by atoms with Crippen molar-refractivity contribution in [1.82, 2.24) is 67.2 Å². The zero-order valence-electron chi connectivity index (χ0n) is 73.1. The monoisotopic (exact) mass is 1710 g/mol. The summed E-state index contributed by atoms with van der Waals surface area (Å²) in [5.41, 5.74) is 20.2. The van der Waals surface area contributed by atoms with Gasteiger partial charge in [0.25, 0.3) is 0 Å². The van der Waals surface area contributed by atoms with E-state index in [-0.39, 0.29) is 99.1 Å². The molecule has 0 saturated carbocycles. The number of aliphatic imine (C=N–C) groups is 1. The Labute approximate surface area is 718 Å². The third kappa shape index (κ3) is 38.5. The molecule has 5 aromatic rings. The van der Waals surface area contributed by atoms with E-state index < -0.39 is 145 Å². The number of aromatic amines is 2. The summed E-state index contributed by atoms with van der Waals surface area (Å²) in [7, 11) is 0. The zero-order valence-corrected chi connectivity index (χ0v) is 73.1. The maximum atomic E-state index is 14.8. The van der Waals surface area contributed by atoms with Gasteiger partial charge in [-0.1, -0.05) is 135 Å². The Bertz CT molecular complexity index is 3930. The Hall–Kier alpha value is -9.45. The standard InChI is InChI=1S/C88H143N17O17/c1-10-11-27-66(98-87(121)72(52-106)96-79(112)30-16-13-20-44-105-51-62(103-104-105)25-19-21-45-122-78(59(9)34-39-76(110)57(7)32-37-74(108)55(4)5)41-40-77(111)58(8)33-38-75(109)56(6)31-36-73(107)54(2)3)82(116)99-68(35-42-80(113)114)84(118)102-71(48-63-50-92-53-95-63)86(120)101-70(46-60-23-14-12-15-24-60)85(119)97-67(29-22-43-93-88(90)91)83(117)100-69(81(89)115)47-61-49-94-65-28-18-17-26-64(61)65/h12,14-15,17-18,23-24,26,28,49-51,53-59,66-78,94,106-111H,10-11,13,16,19-22,25,27,29-48,52H2,1-9H3,(H2,89,115)(H,92,95)(H,96,112)(H,97,119)(H,98,121)(H,99,116)(H,100,117)(H,101,120)(H,102,118)(H,113,114)(H4,90,91,93)/t56?,57?,58?,59?,66-,67-,68-,69-,70+,71-,72-,73?,74?,75?,76?,77?,78?/m0/s1. The van der Waals surface area contributed by atoms with Crippen LogP contribution in [-0.2, 0) is 80.1 Å². The summed E-state index contributed by atoms with van der Waals surface area (Å²) in [6.07, 6.45) is 13.3. The fourth-order valence-corrected chi connectivity index (χ4v) is 14.5. The highest BCUT2D eigenvalue weighted by Crippen LogP contribution is 2.29. The first-order valence-corrected chi connectivity index (χ1v) is 43.9. The maximum absolute atomic E-state index is 14.8. The Morgan fingerprint density at radius 2 is 1.02 bits per heavy atom. The van der Waals surface area contributed by atoms with E-state index in [4.69, 9.17) is 21.9 Å². The van der Waals surface area contributed by atoms with Crippen molar-refractivity contribution < 1.29 is 83.6 Å². The molecule has 122 heavy (non-hydrogen) atoms. The van der Waals surface area contributed by atoms with E-state index in [1.165, 1.54) is 12.5 Å². The molecule has 34 heteroatoms. The number of imidazole rings is 1. The summed E-state index contributed by atoms with van der Waals surface area (Å²) in [5.74, 6) is -7.97. The molecule has 0 saturated heterocycles. The Morgan fingerprint density at radius 1 is 0.508 bits per heavy atom. The number of unbranched alkanes of at least 4 members (excludes halogenated alkanes) is 4. The van der Waals surface area contributed by atoms with E-state index in [1.54, 1.807) is 41.2 Å². The molecule has 0 bridgehead atoms. The molecule has 8 amide bonds. The number of carbonyl (C=O) groups excluding carboxylic acids is 8. The van der Waals surface area contributed by atoms with Gasteiger partial charge in [0.15, 0.2) is 5.96 Å². The van der Waals surface area contributed by atoms with E-state index in [0.717, 1.165) is 48.7 Å². The number of primary amides is 1. The molecule has 10 unspecified atom stereocenters. The van der Waals surface area contributed by atoms with Crippen LogP contribution >= 0.6 is 0 Å². The molecule has 2 aromatic carbocycles. The lowest BCUT2D eigenvalue weighted by Gasteiger charge is -2.29. The lowest BCUT2D eigenvalue weighted by Crippen LogP contribution is -2.61. The topological polar surface area (TPSA) is 554 Å². The van der Waals surface area contributed by atoms with Gasteiger partial charge in [0.05, 0.1) is 55.3 Å². The number of ether oxygens (including phenoxy) is 1. The van der Waals surface area contributed by atoms with Crippen LogP contribution in [0, 0.1) is 35.5 Å². The van der Waals surface area contributed by atoms with Gasteiger partial charge in [-0.25, -0.2) is 4.98 Å². The molecule has 34 nitrogen and oxygen atoms in total. The van der Waals surface area contributed by atoms with Gasteiger partial charge < -0.3 is 105 Å². The predicted molar refractivity (Wildman–Crippen MR) is 464 cm³/mol. The molecule has 0 aliphatic carbocycles. The number of aliphatic hydroxyl groups excluding tert-OH is 6. The summed E-state index contributed by atoms with van der Waals surface area (Å²) < 4.78 is 8.33. The van der Waals surface area contributed by atoms with Gasteiger partial charge in [-0.15, -0.1) is 5.10 Å². The van der Waals surface area contributed by atoms with E-state index in [0.29, 0.717) is 113 Å². The number of H-pyrrole nitrogens is 2. The van der Waals surface area contributed by atoms with Crippen LogP contribution in [0.15, 0.2) is 84.5 Å². The minimum Gasteiger partial charge on any atom is -0.481 e. The minimum absolute atomic E-state index is 0.00683. The van der Waals surface area contributed by atoms with Gasteiger partial charge in [0.2, 0.25) is 47.3 Å². The largest absolute Gasteiger partial charge is 0.481 e. The smallest absolute Gasteiger partial charge is 0.303 e. The van der Waals surface area contributed by atoms with E-state index in [2.05, 4.69) is 74.4 Å². The van der Waals surface area contributed by atoms with Crippen LogP contribution in [0.4, 0.5) is 0 Å². The van der Waals surface area contributed by atoms with Gasteiger partial charge in [-0.3, -0.25) is 52.8 Å². The van der Waals surface area contributed by atoms with Crippen molar-refractivity contribution in [3.63, 3.8) is 0 Å². The highest BCUT2D eigenvalue weighted by molar-refractivity contribution is 5.98. The molecule has 682 valence electrons. The number of hydrogen-bond donors (Lipinski definition) is 19. The second-order valence-corrected chi connectivity index (χ2v) is 33.9. The van der Waals surface area contributed by atoms with Crippen molar-refractivity contribution in [2.45, 2.75) is 321 Å². The van der Waals surface area contributed by atoms with Crippen molar-refractivity contribution in [1.29, 1.82) is 0 Å². The number of carbonyl (C=O) groups is 9. The summed E-state index contributed by atoms with van der Waals surface area (Å²) in [4.78, 5) is 139. The molecule has 5 rings (SSSR count). The van der Waals surface area contributed by atoms with Crippen LogP contribution in [0.3, 0.4) is 0 Å². The normalized spacial score (nSPS) is 15.9. The highest BCUT2D eigenvalue weighted by atomic mass is 16.5. The number of aliphatic hydroxyl groups is 6. The van der Waals surface area contributed by atoms with Gasteiger partial charge in [0.1, 0.15) is 42.3 Å². The van der Waals surface area contributed by atoms with Gasteiger partial charge in [0, 0.05) is 87.0 Å². The Morgan fingerprint density at radius 3 is 1.57 bits per heavy atom. The third-order valence-corrected chi connectivity index (χ3v) is 23.1. The van der Waals surface area contributed by atoms with Crippen molar-refractivity contribution >= 4 is 70.1 Å². The molecule has 22 N–H and O–H groups in total. The molecular weight excluding hydrogens is 1570 g/mol. The number of carboxylic acid groups (broad SMARTS) is 1. The molecule has 0 radical (unpaired) electrons. The number of rotatable bonds is 64. The number of aryl methyl sites for hydroxylation is 2. The summed E-state index contributed by atoms with van der Waals surface area (Å²) in [6, 6.07) is 5.78. The van der Waals surface area contributed by atoms with Crippen LogP contribution in [0.2, 0.25) is 0 Å². The SMILES string of the molecule is CCCC[C@H](NC(=O)[C@H](CO)NC(=O)CCCCCn1cc(CCCCOC(CCC(O)C(C)CCC(O)C(C)CCC(O)C(C)C)C(C)CCC(O)C(C)CCC(O)C(C)C)nn1)C(=O)N[C@@H](CCC(=O)O)C(=O)N[C@@H](Cc1cnc[nH]1)C(=O)N[C@H](Cc1ccccc1)C(=O)N[C@@H](CCCN=C(N)N)C(=O)N[C@@H](Cc1c[nH]c2ccccc12)C(N)=O. The molecule has 0 aliphatic heterocycles. The average Bonchev–Trinajstić information content (AvgIpc) is 1.41. The minimum atomic E-state index is -1.65. The van der Waals surface area contributed by atoms with Crippen molar-refractivity contribution in [3.8, 4) is 0 Å². The molecule has 0 fully saturated rings. The number of nitrogens with one attached hydrogen (secondary N) is 9. The van der Waals surface area contributed by atoms with Crippen LogP contribution in [-0.4, -0.2) is 224 Å². The first-order chi connectivity index (χ1) is 58.2.